The summed E-state index contributed by atoms with van der Waals surface area (Å²) in [6.45, 7) is 0.174. The molecule has 142 valence electrons. The number of hydrogen-bond acceptors (Lipinski definition) is 5. The number of benzene rings is 1. The zero-order valence-electron chi connectivity index (χ0n) is 15.0. The monoisotopic (exact) mass is 395 g/mol. The molecule has 0 spiro atoms. The van der Waals surface area contributed by atoms with Gasteiger partial charge in [-0.1, -0.05) is 18.2 Å². The second-order valence-corrected chi connectivity index (χ2v) is 7.20. The van der Waals surface area contributed by atoms with Gasteiger partial charge in [-0.2, -0.15) is 0 Å². The van der Waals surface area contributed by atoms with Crippen molar-refractivity contribution in [3.8, 4) is 0 Å². The fourth-order valence-corrected chi connectivity index (χ4v) is 3.78. The highest BCUT2D eigenvalue weighted by Crippen LogP contribution is 2.19. The number of fused-ring (bicyclic) bond motifs is 2. The third-order valence-electron chi connectivity index (χ3n) is 4.49. The van der Waals surface area contributed by atoms with Crippen molar-refractivity contribution in [2.75, 3.05) is 0 Å². The first-order chi connectivity index (χ1) is 13.5. The normalized spacial score (nSPS) is 11.0. The molecule has 0 bridgehead atoms. The van der Waals surface area contributed by atoms with E-state index in [0.717, 1.165) is 10.9 Å². The summed E-state index contributed by atoms with van der Waals surface area (Å²) in [4.78, 5) is 41.7. The SMILES string of the molecule is Cn1cc(C(=O)NNC(=O)CCn2cnc3sccc3c2=O)c2ccccc21. The molecule has 2 amide bonds. The number of aromatic nitrogens is 3. The van der Waals surface area contributed by atoms with Gasteiger partial charge in [-0.15, -0.1) is 11.3 Å². The molecule has 0 radical (unpaired) electrons. The van der Waals surface area contributed by atoms with Crippen molar-refractivity contribution >= 4 is 44.3 Å². The molecule has 0 aliphatic heterocycles. The smallest absolute Gasteiger partial charge is 0.271 e. The maximum Gasteiger partial charge on any atom is 0.271 e. The van der Waals surface area contributed by atoms with Crippen LogP contribution in [0.2, 0.25) is 0 Å². The molecule has 0 saturated carbocycles. The Bertz CT molecular complexity index is 1250. The van der Waals surface area contributed by atoms with Crippen LogP contribution in [0, 0.1) is 0 Å². The van der Waals surface area contributed by atoms with Gasteiger partial charge >= 0.3 is 0 Å². The van der Waals surface area contributed by atoms with Gasteiger partial charge in [-0.05, 0) is 17.5 Å². The summed E-state index contributed by atoms with van der Waals surface area (Å²) in [5, 5.41) is 3.15. The van der Waals surface area contributed by atoms with Crippen molar-refractivity contribution < 1.29 is 9.59 Å². The van der Waals surface area contributed by atoms with Crippen molar-refractivity contribution in [2.45, 2.75) is 13.0 Å². The van der Waals surface area contributed by atoms with Crippen LogP contribution in [0.1, 0.15) is 16.8 Å². The Morgan fingerprint density at radius 2 is 1.96 bits per heavy atom. The first-order valence-electron chi connectivity index (χ1n) is 8.60. The summed E-state index contributed by atoms with van der Waals surface area (Å²) in [5.41, 5.74) is 6.04. The fourth-order valence-electron chi connectivity index (χ4n) is 3.05. The third-order valence-corrected chi connectivity index (χ3v) is 5.31. The second-order valence-electron chi connectivity index (χ2n) is 6.31. The number of aryl methyl sites for hydroxylation is 2. The lowest BCUT2D eigenvalue weighted by Gasteiger charge is -2.08. The Labute approximate surface area is 163 Å². The Morgan fingerprint density at radius 1 is 1.14 bits per heavy atom. The highest BCUT2D eigenvalue weighted by atomic mass is 32.1. The van der Waals surface area contributed by atoms with Gasteiger partial charge < -0.3 is 4.57 Å². The Hall–Kier alpha value is -3.46. The summed E-state index contributed by atoms with van der Waals surface area (Å²) in [7, 11) is 1.85. The fraction of sp³-hybridized carbons (Fsp3) is 0.158. The van der Waals surface area contributed by atoms with Gasteiger partial charge in [-0.3, -0.25) is 29.8 Å². The molecule has 0 fully saturated rings. The maximum atomic E-state index is 12.4. The van der Waals surface area contributed by atoms with Crippen LogP contribution >= 0.6 is 11.3 Å². The molecule has 8 nitrogen and oxygen atoms in total. The number of nitrogens with zero attached hydrogens (tertiary/aromatic N) is 3. The predicted molar refractivity (Wildman–Crippen MR) is 107 cm³/mol. The van der Waals surface area contributed by atoms with Crippen molar-refractivity contribution in [2.24, 2.45) is 7.05 Å². The summed E-state index contributed by atoms with van der Waals surface area (Å²) < 4.78 is 3.24. The van der Waals surface area contributed by atoms with Crippen LogP contribution in [0.15, 0.2) is 53.0 Å². The first-order valence-corrected chi connectivity index (χ1v) is 9.48. The lowest BCUT2D eigenvalue weighted by atomic mass is 10.2. The zero-order valence-corrected chi connectivity index (χ0v) is 15.8. The third kappa shape index (κ3) is 3.27. The van der Waals surface area contributed by atoms with Gasteiger partial charge in [0, 0.05) is 37.1 Å². The number of carbonyl (C=O) groups excluding carboxylic acids is 2. The van der Waals surface area contributed by atoms with E-state index in [1.807, 2.05) is 35.9 Å². The molecule has 0 atom stereocenters. The lowest BCUT2D eigenvalue weighted by Crippen LogP contribution is -2.42. The molecule has 3 heterocycles. The predicted octanol–water partition coefficient (Wildman–Crippen LogP) is 1.80. The Morgan fingerprint density at radius 3 is 2.82 bits per heavy atom. The number of nitrogens with one attached hydrogen (secondary N) is 2. The summed E-state index contributed by atoms with van der Waals surface area (Å²) in [5.74, 6) is -0.797. The van der Waals surface area contributed by atoms with E-state index in [0.29, 0.717) is 15.8 Å². The second kappa shape index (κ2) is 7.28. The van der Waals surface area contributed by atoms with E-state index in [2.05, 4.69) is 15.8 Å². The Balaban J connectivity index is 1.38. The molecule has 4 aromatic rings. The van der Waals surface area contributed by atoms with Crippen molar-refractivity contribution in [1.82, 2.24) is 25.0 Å². The number of para-hydroxylation sites is 1. The number of carbonyl (C=O) groups is 2. The van der Waals surface area contributed by atoms with E-state index in [1.54, 1.807) is 17.6 Å². The largest absolute Gasteiger partial charge is 0.350 e. The van der Waals surface area contributed by atoms with Crippen LogP contribution in [-0.4, -0.2) is 25.9 Å². The molecule has 0 aliphatic rings. The van der Waals surface area contributed by atoms with E-state index in [4.69, 9.17) is 0 Å². The van der Waals surface area contributed by atoms with Crippen LogP contribution < -0.4 is 16.4 Å². The highest BCUT2D eigenvalue weighted by molar-refractivity contribution is 7.16. The highest BCUT2D eigenvalue weighted by Gasteiger charge is 2.14. The van der Waals surface area contributed by atoms with Crippen LogP contribution in [0.4, 0.5) is 0 Å². The van der Waals surface area contributed by atoms with E-state index >= 15 is 0 Å². The molecule has 0 unspecified atom stereocenters. The first kappa shape index (κ1) is 17.9. The topological polar surface area (TPSA) is 98.0 Å². The van der Waals surface area contributed by atoms with E-state index in [1.165, 1.54) is 22.2 Å². The quantitative estimate of drug-likeness (QED) is 0.515. The summed E-state index contributed by atoms with van der Waals surface area (Å²) >= 11 is 1.39. The van der Waals surface area contributed by atoms with Gasteiger partial charge in [0.1, 0.15) is 4.83 Å². The van der Waals surface area contributed by atoms with Crippen LogP contribution in [-0.2, 0) is 18.4 Å². The maximum absolute atomic E-state index is 12.4. The minimum absolute atomic E-state index is 0.0348. The standard InChI is InChI=1S/C19H17N5O3S/c1-23-10-14(12-4-2-3-5-15(12)23)17(26)22-21-16(25)6-8-24-11-20-18-13(19(24)27)7-9-28-18/h2-5,7,9-11H,6,8H2,1H3,(H,21,25)(H,22,26). The molecule has 2 N–H and O–H groups in total. The van der Waals surface area contributed by atoms with Gasteiger partial charge in [0.2, 0.25) is 5.91 Å². The lowest BCUT2D eigenvalue weighted by molar-refractivity contribution is -0.122. The number of amides is 2. The molecule has 28 heavy (non-hydrogen) atoms. The van der Waals surface area contributed by atoms with Gasteiger partial charge in [0.15, 0.2) is 0 Å². The average molecular weight is 395 g/mol. The molecule has 0 saturated heterocycles. The van der Waals surface area contributed by atoms with Crippen LogP contribution in [0.25, 0.3) is 21.1 Å². The Kier molecular flexibility index (Phi) is 4.66. The van der Waals surface area contributed by atoms with Crippen LogP contribution in [0.3, 0.4) is 0 Å². The van der Waals surface area contributed by atoms with E-state index < -0.39 is 11.8 Å². The van der Waals surface area contributed by atoms with Crippen molar-refractivity contribution in [3.63, 3.8) is 0 Å². The molecule has 9 heteroatoms. The van der Waals surface area contributed by atoms with Crippen LogP contribution in [0.5, 0.6) is 0 Å². The minimum Gasteiger partial charge on any atom is -0.350 e. The van der Waals surface area contributed by atoms with E-state index in [9.17, 15) is 14.4 Å². The average Bonchev–Trinajstić information content (AvgIpc) is 3.31. The number of thiophene rings is 1. The molecule has 4 rings (SSSR count). The van der Waals surface area contributed by atoms with E-state index in [-0.39, 0.29) is 18.5 Å². The number of hydrazine groups is 1. The summed E-state index contributed by atoms with van der Waals surface area (Å²) in [6, 6.07) is 9.24. The zero-order chi connectivity index (χ0) is 19.7. The minimum atomic E-state index is -0.399. The van der Waals surface area contributed by atoms with Crippen molar-refractivity contribution in [3.05, 3.63) is 64.2 Å². The molecule has 0 aliphatic carbocycles. The van der Waals surface area contributed by atoms with Gasteiger partial charge in [0.25, 0.3) is 11.5 Å². The molecule has 1 aromatic carbocycles. The van der Waals surface area contributed by atoms with Gasteiger partial charge in [0.05, 0.1) is 17.3 Å². The number of rotatable bonds is 4. The molecular formula is C19H17N5O3S. The van der Waals surface area contributed by atoms with Crippen molar-refractivity contribution in [1.29, 1.82) is 0 Å². The van der Waals surface area contributed by atoms with Gasteiger partial charge in [-0.25, -0.2) is 4.98 Å². The molecular weight excluding hydrogens is 378 g/mol. The summed E-state index contributed by atoms with van der Waals surface area (Å²) in [6.07, 6.45) is 3.18. The molecule has 3 aromatic heterocycles. The number of hydrogen-bond donors (Lipinski definition) is 2.